The zero-order chi connectivity index (χ0) is 15.5. The van der Waals surface area contributed by atoms with Crippen molar-refractivity contribution in [3.63, 3.8) is 0 Å². The molecule has 1 aromatic heterocycles. The van der Waals surface area contributed by atoms with E-state index in [9.17, 15) is 8.42 Å². The van der Waals surface area contributed by atoms with Gasteiger partial charge in [-0.3, -0.25) is 9.40 Å². The molecule has 8 heteroatoms. The van der Waals surface area contributed by atoms with Crippen LogP contribution < -0.4 is 10.5 Å². The number of rotatable bonds is 6. The summed E-state index contributed by atoms with van der Waals surface area (Å²) in [7, 11) is -3.64. The largest absolute Gasteiger partial charge is 0.330 e. The topological polar surface area (TPSA) is 90.0 Å². The number of halogens is 1. The quantitative estimate of drug-likeness (QED) is 0.812. The molecule has 6 nitrogen and oxygen atoms in total. The molecule has 2 rings (SSSR count). The van der Waals surface area contributed by atoms with E-state index in [1.807, 2.05) is 19.1 Å². The Hall–Kier alpha value is -1.38. The first-order chi connectivity index (χ1) is 9.92. The molecule has 1 heterocycles. The fourth-order valence-corrected chi connectivity index (χ4v) is 3.20. The lowest BCUT2D eigenvalue weighted by Gasteiger charge is -2.09. The molecule has 0 saturated carbocycles. The molecule has 0 unspecified atom stereocenters. The van der Waals surface area contributed by atoms with Crippen LogP contribution in [0.4, 0.5) is 5.69 Å². The predicted octanol–water partition coefficient (Wildman–Crippen LogP) is 2.10. The summed E-state index contributed by atoms with van der Waals surface area (Å²) >= 11 is 3.33. The van der Waals surface area contributed by atoms with Gasteiger partial charge in [0, 0.05) is 17.2 Å². The van der Waals surface area contributed by atoms with E-state index in [1.165, 1.54) is 12.4 Å². The second-order valence-electron chi connectivity index (χ2n) is 4.65. The van der Waals surface area contributed by atoms with Gasteiger partial charge in [-0.1, -0.05) is 22.0 Å². The van der Waals surface area contributed by atoms with Gasteiger partial charge in [0.1, 0.15) is 4.90 Å². The molecule has 0 bridgehead atoms. The summed E-state index contributed by atoms with van der Waals surface area (Å²) in [5.74, 6) is 0. The maximum Gasteiger partial charge on any atom is 0.265 e. The molecule has 21 heavy (non-hydrogen) atoms. The minimum Gasteiger partial charge on any atom is -0.330 e. The van der Waals surface area contributed by atoms with E-state index in [2.05, 4.69) is 25.8 Å². The van der Waals surface area contributed by atoms with E-state index in [-0.39, 0.29) is 4.90 Å². The van der Waals surface area contributed by atoms with Crippen molar-refractivity contribution in [2.24, 2.45) is 5.73 Å². The van der Waals surface area contributed by atoms with Crippen molar-refractivity contribution in [3.05, 3.63) is 40.6 Å². The van der Waals surface area contributed by atoms with Crippen LogP contribution in [-0.2, 0) is 16.6 Å². The number of hydrogen-bond acceptors (Lipinski definition) is 4. The molecule has 114 valence electrons. The van der Waals surface area contributed by atoms with Crippen molar-refractivity contribution >= 4 is 31.6 Å². The summed E-state index contributed by atoms with van der Waals surface area (Å²) in [6.45, 7) is 2.98. The molecule has 0 aliphatic rings. The highest BCUT2D eigenvalue weighted by atomic mass is 79.9. The van der Waals surface area contributed by atoms with Gasteiger partial charge < -0.3 is 5.73 Å². The molecular formula is C13H17BrN4O2S. The zero-order valence-electron chi connectivity index (χ0n) is 11.6. The number of benzene rings is 1. The van der Waals surface area contributed by atoms with E-state index in [0.29, 0.717) is 18.8 Å². The third-order valence-electron chi connectivity index (χ3n) is 2.96. The van der Waals surface area contributed by atoms with E-state index in [1.54, 1.807) is 10.7 Å². The van der Waals surface area contributed by atoms with E-state index >= 15 is 0 Å². The van der Waals surface area contributed by atoms with Crippen LogP contribution in [0.2, 0.25) is 0 Å². The molecule has 0 radical (unpaired) electrons. The van der Waals surface area contributed by atoms with Gasteiger partial charge in [-0.25, -0.2) is 8.42 Å². The Morgan fingerprint density at radius 2 is 2.19 bits per heavy atom. The van der Waals surface area contributed by atoms with Crippen molar-refractivity contribution in [1.29, 1.82) is 0 Å². The third kappa shape index (κ3) is 4.05. The summed E-state index contributed by atoms with van der Waals surface area (Å²) in [6, 6.07) is 5.43. The Labute approximate surface area is 132 Å². The van der Waals surface area contributed by atoms with Gasteiger partial charge in [-0.2, -0.15) is 5.10 Å². The standard InChI is InChI=1S/C13H17BrN4O2S/c1-10-3-4-11(14)7-13(10)17-21(19,20)12-8-16-18(9-12)6-2-5-15/h3-4,7-9,17H,2,5-6,15H2,1H3. The Morgan fingerprint density at radius 3 is 2.90 bits per heavy atom. The first kappa shape index (κ1) is 16.0. The molecule has 1 aromatic carbocycles. The van der Waals surface area contributed by atoms with Crippen LogP contribution in [0.15, 0.2) is 40.0 Å². The van der Waals surface area contributed by atoms with E-state index in [0.717, 1.165) is 16.5 Å². The maximum absolute atomic E-state index is 12.3. The van der Waals surface area contributed by atoms with Gasteiger partial charge in [0.2, 0.25) is 0 Å². The van der Waals surface area contributed by atoms with Crippen LogP contribution in [0.3, 0.4) is 0 Å². The highest BCUT2D eigenvalue weighted by Crippen LogP contribution is 2.23. The molecule has 0 spiro atoms. The third-order valence-corrected chi connectivity index (χ3v) is 4.77. The summed E-state index contributed by atoms with van der Waals surface area (Å²) in [5.41, 5.74) is 6.81. The van der Waals surface area contributed by atoms with Crippen LogP contribution >= 0.6 is 15.9 Å². The molecule has 3 N–H and O–H groups in total. The molecule has 0 aliphatic carbocycles. The summed E-state index contributed by atoms with van der Waals surface area (Å²) in [4.78, 5) is 0.138. The summed E-state index contributed by atoms with van der Waals surface area (Å²) < 4.78 is 29.7. The predicted molar refractivity (Wildman–Crippen MR) is 85.6 cm³/mol. The first-order valence-electron chi connectivity index (χ1n) is 6.44. The van der Waals surface area contributed by atoms with Gasteiger partial charge in [-0.05, 0) is 37.6 Å². The number of aryl methyl sites for hydroxylation is 2. The monoisotopic (exact) mass is 372 g/mol. The first-order valence-corrected chi connectivity index (χ1v) is 8.71. The van der Waals surface area contributed by atoms with Crippen molar-refractivity contribution < 1.29 is 8.42 Å². The second-order valence-corrected chi connectivity index (χ2v) is 7.24. The van der Waals surface area contributed by atoms with Gasteiger partial charge >= 0.3 is 0 Å². The van der Waals surface area contributed by atoms with Crippen LogP contribution in [0.1, 0.15) is 12.0 Å². The van der Waals surface area contributed by atoms with Crippen molar-refractivity contribution in [3.8, 4) is 0 Å². The summed E-state index contributed by atoms with van der Waals surface area (Å²) in [5, 5.41) is 4.03. The molecule has 0 fully saturated rings. The van der Waals surface area contributed by atoms with E-state index < -0.39 is 10.0 Å². The number of aromatic nitrogens is 2. The zero-order valence-corrected chi connectivity index (χ0v) is 14.0. The molecule has 0 saturated heterocycles. The number of nitrogens with zero attached hydrogens (tertiary/aromatic N) is 2. The number of hydrogen-bond donors (Lipinski definition) is 2. The van der Waals surface area contributed by atoms with Crippen LogP contribution in [0.5, 0.6) is 0 Å². The maximum atomic E-state index is 12.3. The van der Waals surface area contributed by atoms with Crippen LogP contribution in [0.25, 0.3) is 0 Å². The Morgan fingerprint density at radius 1 is 1.43 bits per heavy atom. The number of nitrogens with two attached hydrogens (primary N) is 1. The lowest BCUT2D eigenvalue weighted by molar-refractivity contribution is 0.582. The molecule has 0 atom stereocenters. The molecular weight excluding hydrogens is 356 g/mol. The Bertz CT molecular complexity index is 728. The second kappa shape index (κ2) is 6.59. The lowest BCUT2D eigenvalue weighted by Crippen LogP contribution is -2.13. The van der Waals surface area contributed by atoms with Gasteiger partial charge in [0.25, 0.3) is 10.0 Å². The molecule has 0 aliphatic heterocycles. The highest BCUT2D eigenvalue weighted by molar-refractivity contribution is 9.10. The number of nitrogens with one attached hydrogen (secondary N) is 1. The number of sulfonamides is 1. The Balaban J connectivity index is 2.22. The van der Waals surface area contributed by atoms with Crippen molar-refractivity contribution in [2.75, 3.05) is 11.3 Å². The van der Waals surface area contributed by atoms with Crippen LogP contribution in [-0.4, -0.2) is 24.7 Å². The fourth-order valence-electron chi connectivity index (χ4n) is 1.77. The van der Waals surface area contributed by atoms with Gasteiger partial charge in [0.15, 0.2) is 0 Å². The van der Waals surface area contributed by atoms with Crippen molar-refractivity contribution in [1.82, 2.24) is 9.78 Å². The lowest BCUT2D eigenvalue weighted by atomic mass is 10.2. The Kier molecular flexibility index (Phi) is 5.02. The SMILES string of the molecule is Cc1ccc(Br)cc1NS(=O)(=O)c1cnn(CCCN)c1. The fraction of sp³-hybridized carbons (Fsp3) is 0.308. The smallest absolute Gasteiger partial charge is 0.265 e. The molecule has 0 amide bonds. The van der Waals surface area contributed by atoms with Crippen molar-refractivity contribution in [2.45, 2.75) is 24.8 Å². The average molecular weight is 373 g/mol. The minimum absolute atomic E-state index is 0.138. The molecule has 2 aromatic rings. The van der Waals surface area contributed by atoms with Gasteiger partial charge in [-0.15, -0.1) is 0 Å². The summed E-state index contributed by atoms with van der Waals surface area (Å²) in [6.07, 6.45) is 3.59. The normalized spacial score (nSPS) is 11.6. The van der Waals surface area contributed by atoms with Gasteiger partial charge in [0.05, 0.1) is 11.9 Å². The highest BCUT2D eigenvalue weighted by Gasteiger charge is 2.17. The number of anilines is 1. The van der Waals surface area contributed by atoms with Crippen LogP contribution in [0, 0.1) is 6.92 Å². The minimum atomic E-state index is -3.64. The average Bonchev–Trinajstić information content (AvgIpc) is 2.90. The van der Waals surface area contributed by atoms with E-state index in [4.69, 9.17) is 5.73 Å².